The van der Waals surface area contributed by atoms with Crippen molar-refractivity contribution in [3.05, 3.63) is 82.2 Å². The van der Waals surface area contributed by atoms with E-state index in [1.54, 1.807) is 19.0 Å². The molecule has 50 heavy (non-hydrogen) atoms. The summed E-state index contributed by atoms with van der Waals surface area (Å²) in [4.78, 5) is 32.7. The van der Waals surface area contributed by atoms with Crippen molar-refractivity contribution in [2.45, 2.75) is 75.4 Å². The maximum atomic E-state index is 13.9. The quantitative estimate of drug-likeness (QED) is 0.332. The van der Waals surface area contributed by atoms with Gasteiger partial charge < -0.3 is 20.0 Å². The van der Waals surface area contributed by atoms with Crippen LogP contribution in [0.4, 0.5) is 0 Å². The number of carbonyl (C=O) groups excluding carboxylic acids is 2. The minimum Gasteiger partial charge on any atom is -0.378 e. The van der Waals surface area contributed by atoms with Crippen LogP contribution in [0.1, 0.15) is 83.0 Å². The summed E-state index contributed by atoms with van der Waals surface area (Å²) in [6, 6.07) is 15.0. The van der Waals surface area contributed by atoms with Crippen molar-refractivity contribution in [1.82, 2.24) is 40.6 Å². The number of H-pyrrole nitrogens is 1. The standard InChI is InChI=1S/C39H47N9O2/c1-22(46(3)4)24-13-15-28-25(17-24)11-12-26-18-27(36(50)47(5)6)14-16-29(26)39(28,37-42-44-45-43-37)19-30(23-9-7-8-10-23)41-21-32(49)48-31(20-40)33-34-35(48)38(33,34)2/h13-18,23,30-31,33-35,41H,1,7-12,19,21H2,2-6H3,(H,42,43,44,45)/t30-,31?,33?,34+,35-,38+,39?/m1/s1. The fourth-order valence-electron chi connectivity index (χ4n) is 10.2. The second-order valence-electron chi connectivity index (χ2n) is 15.9. The van der Waals surface area contributed by atoms with Gasteiger partial charge in [0, 0.05) is 57.5 Å². The van der Waals surface area contributed by atoms with Crippen molar-refractivity contribution in [2.75, 3.05) is 34.7 Å². The molecule has 2 aromatic carbocycles. The lowest BCUT2D eigenvalue weighted by atomic mass is 9.66. The molecule has 2 bridgehead atoms. The number of hydrogen-bond donors (Lipinski definition) is 2. The molecule has 2 aliphatic heterocycles. The average molecular weight is 674 g/mol. The smallest absolute Gasteiger partial charge is 0.253 e. The summed E-state index contributed by atoms with van der Waals surface area (Å²) in [5.41, 5.74) is 6.38. The highest BCUT2D eigenvalue weighted by molar-refractivity contribution is 5.94. The monoisotopic (exact) mass is 673 g/mol. The summed E-state index contributed by atoms with van der Waals surface area (Å²) >= 11 is 0. The van der Waals surface area contributed by atoms with Crippen molar-refractivity contribution in [1.29, 1.82) is 5.26 Å². The van der Waals surface area contributed by atoms with Gasteiger partial charge in [0.05, 0.1) is 18.0 Å². The Morgan fingerprint density at radius 2 is 1.68 bits per heavy atom. The maximum Gasteiger partial charge on any atom is 0.253 e. The number of aryl methyl sites for hydroxylation is 2. The van der Waals surface area contributed by atoms with E-state index in [9.17, 15) is 14.9 Å². The number of fused-ring (bicyclic) bond motifs is 3. The lowest BCUT2D eigenvalue weighted by Crippen LogP contribution is -2.49. The number of rotatable bonds is 10. The van der Waals surface area contributed by atoms with E-state index in [2.05, 4.69) is 64.7 Å². The molecule has 6 aliphatic rings. The van der Waals surface area contributed by atoms with Gasteiger partial charge in [0.2, 0.25) is 5.91 Å². The zero-order chi connectivity index (χ0) is 35.1. The summed E-state index contributed by atoms with van der Waals surface area (Å²) in [6.45, 7) is 6.76. The highest BCUT2D eigenvalue weighted by Crippen LogP contribution is 2.87. The van der Waals surface area contributed by atoms with Gasteiger partial charge >= 0.3 is 0 Å². The number of aromatic amines is 1. The molecule has 3 saturated carbocycles. The molecule has 0 radical (unpaired) electrons. The van der Waals surface area contributed by atoms with E-state index in [-0.39, 0.29) is 41.9 Å². The van der Waals surface area contributed by atoms with Crippen molar-refractivity contribution in [2.24, 2.45) is 23.2 Å². The van der Waals surface area contributed by atoms with Crippen LogP contribution in [0.15, 0.2) is 43.0 Å². The van der Waals surface area contributed by atoms with Gasteiger partial charge in [-0.1, -0.05) is 49.8 Å². The minimum absolute atomic E-state index is 0.0206. The van der Waals surface area contributed by atoms with Crippen LogP contribution < -0.4 is 5.32 Å². The van der Waals surface area contributed by atoms with Gasteiger partial charge in [-0.3, -0.25) is 9.59 Å². The average Bonchev–Trinajstić information content (AvgIpc) is 3.58. The van der Waals surface area contributed by atoms with Crippen LogP contribution in [0.5, 0.6) is 0 Å². The summed E-state index contributed by atoms with van der Waals surface area (Å²) in [5, 5.41) is 30.1. The Bertz CT molecular complexity index is 1830. The first-order valence-electron chi connectivity index (χ1n) is 18.1. The lowest BCUT2D eigenvalue weighted by Gasteiger charge is -2.39. The molecule has 11 heteroatoms. The Morgan fingerprint density at radius 3 is 2.26 bits per heavy atom. The number of nitriles is 1. The third kappa shape index (κ3) is 4.74. The van der Waals surface area contributed by atoms with Gasteiger partial charge in [0.25, 0.3) is 5.91 Å². The first kappa shape index (κ1) is 32.6. The second-order valence-corrected chi connectivity index (χ2v) is 15.9. The first-order valence-corrected chi connectivity index (χ1v) is 18.1. The first-order chi connectivity index (χ1) is 24.0. The van der Waals surface area contributed by atoms with Crippen LogP contribution in [-0.2, 0) is 23.1 Å². The number of nitrogens with zero attached hydrogens (tertiary/aromatic N) is 7. The van der Waals surface area contributed by atoms with Crippen molar-refractivity contribution < 1.29 is 9.59 Å². The van der Waals surface area contributed by atoms with Crippen molar-refractivity contribution >= 4 is 17.5 Å². The highest BCUT2D eigenvalue weighted by Gasteiger charge is 2.93. The van der Waals surface area contributed by atoms with Crippen LogP contribution in [0.2, 0.25) is 0 Å². The van der Waals surface area contributed by atoms with Gasteiger partial charge in [-0.25, -0.2) is 0 Å². The summed E-state index contributed by atoms with van der Waals surface area (Å²) in [5.74, 6) is 1.74. The molecular formula is C39H47N9O2. The number of nitrogens with one attached hydrogen (secondary N) is 2. The third-order valence-electron chi connectivity index (χ3n) is 13.0. The van der Waals surface area contributed by atoms with Crippen LogP contribution in [0, 0.1) is 34.5 Å². The number of aromatic nitrogens is 4. The van der Waals surface area contributed by atoms with E-state index >= 15 is 0 Å². The van der Waals surface area contributed by atoms with E-state index in [4.69, 9.17) is 5.10 Å². The van der Waals surface area contributed by atoms with E-state index in [0.29, 0.717) is 35.6 Å². The van der Waals surface area contributed by atoms with Gasteiger partial charge in [-0.15, -0.1) is 10.2 Å². The lowest BCUT2D eigenvalue weighted by molar-refractivity contribution is -0.131. The Kier molecular flexibility index (Phi) is 7.68. The molecule has 5 fully saturated rings. The molecule has 260 valence electrons. The van der Waals surface area contributed by atoms with Crippen LogP contribution >= 0.6 is 0 Å². The van der Waals surface area contributed by atoms with Crippen LogP contribution in [0.3, 0.4) is 0 Å². The van der Waals surface area contributed by atoms with E-state index in [1.807, 2.05) is 36.0 Å². The van der Waals surface area contributed by atoms with Crippen molar-refractivity contribution in [3.63, 3.8) is 0 Å². The van der Waals surface area contributed by atoms with Gasteiger partial charge in [0.1, 0.15) is 6.04 Å². The molecule has 3 aromatic rings. The molecule has 11 nitrogen and oxygen atoms in total. The molecule has 3 unspecified atom stereocenters. The summed E-state index contributed by atoms with van der Waals surface area (Å²) in [7, 11) is 7.55. The predicted molar refractivity (Wildman–Crippen MR) is 189 cm³/mol. The molecule has 1 aromatic heterocycles. The van der Waals surface area contributed by atoms with E-state index < -0.39 is 5.41 Å². The number of tetrazole rings is 1. The molecular weight excluding hydrogens is 626 g/mol. The Hall–Kier alpha value is -4.56. The Labute approximate surface area is 294 Å². The zero-order valence-electron chi connectivity index (χ0n) is 29.7. The highest BCUT2D eigenvalue weighted by atomic mass is 16.2. The number of carbonyl (C=O) groups is 2. The SMILES string of the molecule is C=C(c1ccc2c(c1)CCc1cc(C(=O)N(C)C)ccc1C2(C[C@@H](NCC(=O)N1C(C#N)C2[C@H]3[C@@H]1[C@@]23C)C1CCCC1)c1nn[nH]n1)N(C)C. The molecule has 7 atom stereocenters. The minimum atomic E-state index is -0.822. The Balaban J connectivity index is 1.23. The summed E-state index contributed by atoms with van der Waals surface area (Å²) < 4.78 is 0. The van der Waals surface area contributed by atoms with E-state index in [0.717, 1.165) is 66.5 Å². The number of piperidine rings is 1. The molecule has 9 rings (SSSR count). The number of benzene rings is 2. The van der Waals surface area contributed by atoms with Crippen molar-refractivity contribution in [3.8, 4) is 6.07 Å². The molecule has 2 amide bonds. The predicted octanol–water partition coefficient (Wildman–Crippen LogP) is 3.77. The fourth-order valence-corrected chi connectivity index (χ4v) is 10.2. The fraction of sp³-hybridized carbons (Fsp3) is 0.538. The van der Waals surface area contributed by atoms with Crippen LogP contribution in [-0.4, -0.2) is 100.0 Å². The largest absolute Gasteiger partial charge is 0.378 e. The molecule has 3 heterocycles. The van der Waals surface area contributed by atoms with Crippen LogP contribution in [0.25, 0.3) is 5.70 Å². The molecule has 0 spiro atoms. The number of hydrogen-bond acceptors (Lipinski definition) is 8. The normalized spacial score (nSPS) is 29.2. The maximum absolute atomic E-state index is 13.9. The second kappa shape index (κ2) is 11.8. The summed E-state index contributed by atoms with van der Waals surface area (Å²) in [6.07, 6.45) is 6.55. The zero-order valence-corrected chi connectivity index (χ0v) is 29.7. The molecule has 2 N–H and O–H groups in total. The van der Waals surface area contributed by atoms with Gasteiger partial charge in [-0.2, -0.15) is 10.5 Å². The third-order valence-corrected chi connectivity index (χ3v) is 13.0. The van der Waals surface area contributed by atoms with Gasteiger partial charge in [-0.05, 0) is 95.4 Å². The van der Waals surface area contributed by atoms with Gasteiger partial charge in [0.15, 0.2) is 5.82 Å². The Morgan fingerprint density at radius 1 is 1.04 bits per heavy atom. The molecule has 4 aliphatic carbocycles. The molecule has 2 saturated heterocycles. The number of amides is 2. The van der Waals surface area contributed by atoms with E-state index in [1.165, 1.54) is 5.56 Å². The topological polar surface area (TPSA) is 134 Å².